The Bertz CT molecular complexity index is 270. The lowest BCUT2D eigenvalue weighted by Crippen LogP contribution is -1.77. The van der Waals surface area contributed by atoms with E-state index in [0.29, 0.717) is 0 Å². The first-order valence-corrected chi connectivity index (χ1v) is 5.07. The van der Waals surface area contributed by atoms with Crippen LogP contribution in [0.15, 0.2) is 28.6 Å². The molecule has 1 aliphatic heterocycles. The van der Waals surface area contributed by atoms with E-state index >= 15 is 0 Å². The first-order chi connectivity index (χ1) is 5.97. The molecule has 0 saturated heterocycles. The van der Waals surface area contributed by atoms with E-state index in [-0.39, 0.29) is 0 Å². The maximum Gasteiger partial charge on any atom is 0.0654 e. The highest BCUT2D eigenvalue weighted by atomic mass is 32.1. The van der Waals surface area contributed by atoms with Crippen LogP contribution in [0.25, 0.3) is 5.57 Å². The van der Waals surface area contributed by atoms with E-state index in [2.05, 4.69) is 28.6 Å². The molecule has 0 amide bonds. The van der Waals surface area contributed by atoms with Gasteiger partial charge in [-0.2, -0.15) is 0 Å². The van der Waals surface area contributed by atoms with Gasteiger partial charge in [0.05, 0.1) is 6.54 Å². The maximum atomic E-state index is 4.11. The van der Waals surface area contributed by atoms with Crippen molar-refractivity contribution in [2.75, 3.05) is 6.54 Å². The smallest absolute Gasteiger partial charge is 0.0654 e. The first kappa shape index (κ1) is 9.20. The van der Waals surface area contributed by atoms with Gasteiger partial charge >= 0.3 is 0 Å². The van der Waals surface area contributed by atoms with Crippen molar-refractivity contribution in [1.29, 1.82) is 0 Å². The summed E-state index contributed by atoms with van der Waals surface area (Å²) < 4.78 is 0. The lowest BCUT2D eigenvalue weighted by atomic mass is 10.2. The third kappa shape index (κ3) is 2.05. The minimum Gasteiger partial charge on any atom is -0.288 e. The molecule has 0 unspecified atom stereocenters. The summed E-state index contributed by atoms with van der Waals surface area (Å²) in [5.41, 5.74) is 1.34. The number of hydrogen-bond acceptors (Lipinski definition) is 2. The fraction of sp³-hybridized carbons (Fsp3) is 0.300. The molecule has 1 aromatic rings. The number of thiophene rings is 1. The van der Waals surface area contributed by atoms with E-state index in [0.717, 1.165) is 6.54 Å². The molecule has 0 aromatic carbocycles. The van der Waals surface area contributed by atoms with Gasteiger partial charge in [0.1, 0.15) is 0 Å². The molecule has 0 radical (unpaired) electrons. The van der Waals surface area contributed by atoms with Crippen LogP contribution in [0.1, 0.15) is 18.7 Å². The molecule has 64 valence electrons. The minimum absolute atomic E-state index is 0.862. The standard InChI is InChI=1S/C8H7NS.C2H6/c1-2-8(10-5-1)7-3-4-9-6-7;1-2/h1-5H,6H2;1-2H3. The number of nitrogens with zero attached hydrogens (tertiary/aromatic N) is 1. The van der Waals surface area contributed by atoms with Crippen molar-refractivity contribution in [2.24, 2.45) is 4.99 Å². The summed E-state index contributed by atoms with van der Waals surface area (Å²) in [5.74, 6) is 0. The molecule has 2 heteroatoms. The number of aliphatic imine (C=N–C) groups is 1. The van der Waals surface area contributed by atoms with Gasteiger partial charge in [0, 0.05) is 11.1 Å². The fourth-order valence-corrected chi connectivity index (χ4v) is 1.71. The molecule has 2 rings (SSSR count). The molecule has 2 heterocycles. The summed E-state index contributed by atoms with van der Waals surface area (Å²) in [6.07, 6.45) is 3.95. The van der Waals surface area contributed by atoms with Crippen molar-refractivity contribution in [3.8, 4) is 0 Å². The predicted molar refractivity (Wildman–Crippen MR) is 57.0 cm³/mol. The summed E-state index contributed by atoms with van der Waals surface area (Å²) in [4.78, 5) is 5.45. The highest BCUT2D eigenvalue weighted by Crippen LogP contribution is 2.21. The van der Waals surface area contributed by atoms with Crippen LogP contribution in [0.5, 0.6) is 0 Å². The molecule has 0 aliphatic carbocycles. The largest absolute Gasteiger partial charge is 0.288 e. The Morgan fingerprint density at radius 1 is 1.42 bits per heavy atom. The van der Waals surface area contributed by atoms with Crippen LogP contribution in [0.3, 0.4) is 0 Å². The second-order valence-corrected chi connectivity index (χ2v) is 3.11. The molecule has 0 spiro atoms. The van der Waals surface area contributed by atoms with Gasteiger partial charge in [-0.15, -0.1) is 11.3 Å². The third-order valence-electron chi connectivity index (χ3n) is 1.48. The summed E-state index contributed by atoms with van der Waals surface area (Å²) in [7, 11) is 0. The Labute approximate surface area is 77.5 Å². The molecule has 1 aliphatic rings. The SMILES string of the molecule is C1=NCC(c2cccs2)=C1.CC. The van der Waals surface area contributed by atoms with Crippen LogP contribution < -0.4 is 0 Å². The summed E-state index contributed by atoms with van der Waals surface area (Å²) in [5, 5.41) is 2.09. The Kier molecular flexibility index (Phi) is 3.74. The Hall–Kier alpha value is -0.890. The zero-order valence-corrected chi connectivity index (χ0v) is 8.27. The molecule has 0 atom stereocenters. The normalized spacial score (nSPS) is 13.7. The quantitative estimate of drug-likeness (QED) is 0.627. The average molecular weight is 179 g/mol. The summed E-state index contributed by atoms with van der Waals surface area (Å²) >= 11 is 1.77. The van der Waals surface area contributed by atoms with Gasteiger partial charge in [0.2, 0.25) is 0 Å². The second kappa shape index (κ2) is 4.88. The van der Waals surface area contributed by atoms with E-state index in [1.807, 2.05) is 20.1 Å². The molecule has 0 N–H and O–H groups in total. The second-order valence-electron chi connectivity index (χ2n) is 2.16. The summed E-state index contributed by atoms with van der Waals surface area (Å²) in [6.45, 7) is 4.86. The lowest BCUT2D eigenvalue weighted by molar-refractivity contribution is 1.31. The van der Waals surface area contributed by atoms with Crippen LogP contribution in [-0.4, -0.2) is 12.8 Å². The monoisotopic (exact) mass is 179 g/mol. The fourth-order valence-electron chi connectivity index (χ4n) is 0.968. The number of allylic oxidation sites excluding steroid dienone is 1. The van der Waals surface area contributed by atoms with Crippen LogP contribution >= 0.6 is 11.3 Å². The van der Waals surface area contributed by atoms with Gasteiger partial charge in [0.15, 0.2) is 0 Å². The van der Waals surface area contributed by atoms with Crippen molar-refractivity contribution in [3.05, 3.63) is 28.5 Å². The molecule has 1 nitrogen and oxygen atoms in total. The molecule has 1 aromatic heterocycles. The van der Waals surface area contributed by atoms with Gasteiger partial charge in [-0.3, -0.25) is 4.99 Å². The number of rotatable bonds is 1. The Morgan fingerprint density at radius 3 is 2.75 bits per heavy atom. The Morgan fingerprint density at radius 2 is 2.25 bits per heavy atom. The zero-order valence-electron chi connectivity index (χ0n) is 7.45. The maximum absolute atomic E-state index is 4.11. The first-order valence-electron chi connectivity index (χ1n) is 4.20. The van der Waals surface area contributed by atoms with Crippen LogP contribution in [0.2, 0.25) is 0 Å². The van der Waals surface area contributed by atoms with E-state index in [1.165, 1.54) is 10.5 Å². The van der Waals surface area contributed by atoms with E-state index in [1.54, 1.807) is 11.3 Å². The third-order valence-corrected chi connectivity index (χ3v) is 2.43. The molecule has 0 fully saturated rings. The van der Waals surface area contributed by atoms with Crippen molar-refractivity contribution < 1.29 is 0 Å². The summed E-state index contributed by atoms with van der Waals surface area (Å²) in [6, 6.07) is 4.20. The molecular weight excluding hydrogens is 166 g/mol. The van der Waals surface area contributed by atoms with Crippen molar-refractivity contribution in [2.45, 2.75) is 13.8 Å². The van der Waals surface area contributed by atoms with Gasteiger partial charge < -0.3 is 0 Å². The molecule has 0 bridgehead atoms. The van der Waals surface area contributed by atoms with Crippen molar-refractivity contribution in [1.82, 2.24) is 0 Å². The molecular formula is C10H13NS. The highest BCUT2D eigenvalue weighted by molar-refractivity contribution is 7.11. The van der Waals surface area contributed by atoms with Crippen LogP contribution in [0.4, 0.5) is 0 Å². The topological polar surface area (TPSA) is 12.4 Å². The lowest BCUT2D eigenvalue weighted by Gasteiger charge is -1.92. The van der Waals surface area contributed by atoms with Crippen molar-refractivity contribution in [3.63, 3.8) is 0 Å². The predicted octanol–water partition coefficient (Wildman–Crippen LogP) is 3.24. The zero-order chi connectivity index (χ0) is 8.81. The van der Waals surface area contributed by atoms with Gasteiger partial charge in [-0.1, -0.05) is 19.9 Å². The van der Waals surface area contributed by atoms with Gasteiger partial charge in [-0.05, 0) is 23.1 Å². The van der Waals surface area contributed by atoms with Crippen LogP contribution in [-0.2, 0) is 0 Å². The average Bonchev–Trinajstić information content (AvgIpc) is 2.80. The van der Waals surface area contributed by atoms with Gasteiger partial charge in [-0.25, -0.2) is 0 Å². The molecule has 12 heavy (non-hydrogen) atoms. The molecule has 0 saturated carbocycles. The van der Waals surface area contributed by atoms with E-state index in [9.17, 15) is 0 Å². The highest BCUT2D eigenvalue weighted by Gasteiger charge is 2.02. The van der Waals surface area contributed by atoms with E-state index in [4.69, 9.17) is 0 Å². The van der Waals surface area contributed by atoms with Crippen LogP contribution in [0, 0.1) is 0 Å². The minimum atomic E-state index is 0.862. The Balaban J connectivity index is 0.000000336. The van der Waals surface area contributed by atoms with Gasteiger partial charge in [0.25, 0.3) is 0 Å². The van der Waals surface area contributed by atoms with E-state index < -0.39 is 0 Å². The number of hydrogen-bond donors (Lipinski definition) is 0. The van der Waals surface area contributed by atoms with Crippen molar-refractivity contribution >= 4 is 23.1 Å².